The average Bonchev–Trinajstić information content (AvgIpc) is 2.82. The molecule has 1 heterocycles. The number of hydrogen-bond acceptors (Lipinski definition) is 5. The number of ether oxygens (including phenoxy) is 1. The second kappa shape index (κ2) is 9.38. The lowest BCUT2D eigenvalue weighted by Gasteiger charge is -2.26. The molecule has 0 amide bonds. The number of rotatable bonds is 10. The fourth-order valence-electron chi connectivity index (χ4n) is 2.35. The summed E-state index contributed by atoms with van der Waals surface area (Å²) in [6.45, 7) is 14.7. The Morgan fingerprint density at radius 2 is 2.00 bits per heavy atom. The van der Waals surface area contributed by atoms with Crippen molar-refractivity contribution in [3.8, 4) is 0 Å². The van der Waals surface area contributed by atoms with E-state index in [1.54, 1.807) is 7.11 Å². The zero-order chi connectivity index (χ0) is 15.8. The van der Waals surface area contributed by atoms with Crippen molar-refractivity contribution in [2.24, 2.45) is 5.92 Å². The molecule has 1 unspecified atom stereocenters. The SMILES string of the molecule is CCc1nc(N(CC)C(C)COC)sc1CNCC(C)C. The molecule has 0 aliphatic carbocycles. The third-order valence-electron chi connectivity index (χ3n) is 3.47. The normalized spacial score (nSPS) is 12.9. The number of anilines is 1. The van der Waals surface area contributed by atoms with Gasteiger partial charge in [0, 0.05) is 25.1 Å². The quantitative estimate of drug-likeness (QED) is 0.719. The molecule has 0 aromatic carbocycles. The van der Waals surface area contributed by atoms with Gasteiger partial charge in [0.05, 0.1) is 18.3 Å². The molecular weight excluding hydrogens is 282 g/mol. The molecule has 0 aliphatic heterocycles. The van der Waals surface area contributed by atoms with E-state index in [0.29, 0.717) is 12.0 Å². The van der Waals surface area contributed by atoms with Crippen LogP contribution in [0, 0.1) is 5.92 Å². The average molecular weight is 314 g/mol. The minimum absolute atomic E-state index is 0.354. The van der Waals surface area contributed by atoms with Gasteiger partial charge in [-0.15, -0.1) is 11.3 Å². The van der Waals surface area contributed by atoms with E-state index >= 15 is 0 Å². The molecule has 0 aliphatic rings. The Kier molecular flexibility index (Phi) is 8.22. The van der Waals surface area contributed by atoms with E-state index in [9.17, 15) is 0 Å². The summed E-state index contributed by atoms with van der Waals surface area (Å²) in [5, 5.41) is 4.65. The van der Waals surface area contributed by atoms with E-state index in [2.05, 4.69) is 44.8 Å². The Hall–Kier alpha value is -0.650. The molecule has 0 fully saturated rings. The highest BCUT2D eigenvalue weighted by Gasteiger charge is 2.18. The van der Waals surface area contributed by atoms with E-state index in [1.807, 2.05) is 11.3 Å². The number of aryl methyl sites for hydroxylation is 1. The van der Waals surface area contributed by atoms with Crippen LogP contribution in [0.1, 0.15) is 45.2 Å². The van der Waals surface area contributed by atoms with Crippen LogP contribution in [0.15, 0.2) is 0 Å². The van der Waals surface area contributed by atoms with Gasteiger partial charge in [0.25, 0.3) is 0 Å². The summed E-state index contributed by atoms with van der Waals surface area (Å²) >= 11 is 1.82. The van der Waals surface area contributed by atoms with Gasteiger partial charge in [0.2, 0.25) is 0 Å². The van der Waals surface area contributed by atoms with Crippen molar-refractivity contribution in [2.45, 2.75) is 53.6 Å². The zero-order valence-corrected chi connectivity index (χ0v) is 15.2. The van der Waals surface area contributed by atoms with Gasteiger partial charge >= 0.3 is 0 Å². The lowest BCUT2D eigenvalue weighted by atomic mass is 10.2. The standard InChI is InChI=1S/C16H31N3OS/c1-7-14-15(10-17-9-12(3)4)21-16(18-14)19(8-2)13(5)11-20-6/h12-13,17H,7-11H2,1-6H3. The Morgan fingerprint density at radius 3 is 2.52 bits per heavy atom. The van der Waals surface area contributed by atoms with Crippen molar-refractivity contribution in [1.82, 2.24) is 10.3 Å². The molecule has 1 N–H and O–H groups in total. The smallest absolute Gasteiger partial charge is 0.186 e. The van der Waals surface area contributed by atoms with E-state index in [0.717, 1.165) is 37.8 Å². The van der Waals surface area contributed by atoms with Crippen molar-refractivity contribution in [3.63, 3.8) is 0 Å². The van der Waals surface area contributed by atoms with E-state index in [-0.39, 0.29) is 0 Å². The molecule has 0 spiro atoms. The maximum Gasteiger partial charge on any atom is 0.186 e. The molecule has 1 atom stereocenters. The fraction of sp³-hybridized carbons (Fsp3) is 0.812. The van der Waals surface area contributed by atoms with Gasteiger partial charge in [-0.25, -0.2) is 4.98 Å². The topological polar surface area (TPSA) is 37.4 Å². The second-order valence-electron chi connectivity index (χ2n) is 5.83. The maximum absolute atomic E-state index is 5.29. The van der Waals surface area contributed by atoms with Gasteiger partial charge in [0.1, 0.15) is 0 Å². The van der Waals surface area contributed by atoms with Crippen LogP contribution >= 0.6 is 11.3 Å². The third-order valence-corrected chi connectivity index (χ3v) is 4.60. The number of hydrogen-bond donors (Lipinski definition) is 1. The van der Waals surface area contributed by atoms with Gasteiger partial charge in [-0.05, 0) is 32.7 Å². The number of nitrogens with zero attached hydrogens (tertiary/aromatic N) is 2. The molecule has 1 aromatic rings. The molecule has 1 aromatic heterocycles. The molecule has 0 bridgehead atoms. The Balaban J connectivity index is 2.80. The van der Waals surface area contributed by atoms with Crippen LogP contribution < -0.4 is 10.2 Å². The summed E-state index contributed by atoms with van der Waals surface area (Å²) in [4.78, 5) is 8.55. The molecule has 0 saturated carbocycles. The Labute approximate surface area is 133 Å². The van der Waals surface area contributed by atoms with Crippen molar-refractivity contribution < 1.29 is 4.74 Å². The highest BCUT2D eigenvalue weighted by Crippen LogP contribution is 2.28. The largest absolute Gasteiger partial charge is 0.383 e. The van der Waals surface area contributed by atoms with E-state index in [4.69, 9.17) is 9.72 Å². The van der Waals surface area contributed by atoms with Crippen LogP contribution in [0.4, 0.5) is 5.13 Å². The number of aromatic nitrogens is 1. The van der Waals surface area contributed by atoms with Crippen LogP contribution in [-0.2, 0) is 17.7 Å². The number of thiazole rings is 1. The van der Waals surface area contributed by atoms with Gasteiger partial charge < -0.3 is 15.0 Å². The predicted octanol–water partition coefficient (Wildman–Crippen LogP) is 3.31. The van der Waals surface area contributed by atoms with Gasteiger partial charge in [0.15, 0.2) is 5.13 Å². The number of nitrogens with one attached hydrogen (secondary N) is 1. The minimum Gasteiger partial charge on any atom is -0.383 e. The molecule has 5 heteroatoms. The predicted molar refractivity (Wildman–Crippen MR) is 92.4 cm³/mol. The van der Waals surface area contributed by atoms with Crippen molar-refractivity contribution in [2.75, 3.05) is 31.7 Å². The van der Waals surface area contributed by atoms with Gasteiger partial charge in [-0.2, -0.15) is 0 Å². The highest BCUT2D eigenvalue weighted by molar-refractivity contribution is 7.15. The second-order valence-corrected chi connectivity index (χ2v) is 6.90. The summed E-state index contributed by atoms with van der Waals surface area (Å²) in [5.74, 6) is 0.677. The lowest BCUT2D eigenvalue weighted by molar-refractivity contribution is 0.182. The van der Waals surface area contributed by atoms with E-state index in [1.165, 1.54) is 10.6 Å². The van der Waals surface area contributed by atoms with Crippen LogP contribution in [0.25, 0.3) is 0 Å². The molecular formula is C16H31N3OS. The first-order valence-electron chi connectivity index (χ1n) is 7.98. The summed E-state index contributed by atoms with van der Waals surface area (Å²) in [7, 11) is 1.75. The molecule has 1 rings (SSSR count). The zero-order valence-electron chi connectivity index (χ0n) is 14.4. The summed E-state index contributed by atoms with van der Waals surface area (Å²) < 4.78 is 5.29. The van der Waals surface area contributed by atoms with Gasteiger partial charge in [-0.1, -0.05) is 20.8 Å². The van der Waals surface area contributed by atoms with Gasteiger partial charge in [-0.3, -0.25) is 0 Å². The first kappa shape index (κ1) is 18.4. The third kappa shape index (κ3) is 5.57. The molecule has 122 valence electrons. The van der Waals surface area contributed by atoms with Crippen molar-refractivity contribution in [1.29, 1.82) is 0 Å². The molecule has 0 radical (unpaired) electrons. The fourth-order valence-corrected chi connectivity index (χ4v) is 3.63. The van der Waals surface area contributed by atoms with Crippen LogP contribution in [0.5, 0.6) is 0 Å². The number of methoxy groups -OCH3 is 1. The molecule has 21 heavy (non-hydrogen) atoms. The summed E-state index contributed by atoms with van der Waals surface area (Å²) in [6, 6.07) is 0.354. The maximum atomic E-state index is 5.29. The Bertz CT molecular complexity index is 406. The van der Waals surface area contributed by atoms with Crippen molar-refractivity contribution in [3.05, 3.63) is 10.6 Å². The van der Waals surface area contributed by atoms with Crippen LogP contribution in [0.3, 0.4) is 0 Å². The summed E-state index contributed by atoms with van der Waals surface area (Å²) in [6.07, 6.45) is 0.991. The van der Waals surface area contributed by atoms with Crippen LogP contribution in [-0.4, -0.2) is 37.8 Å². The molecule has 4 nitrogen and oxygen atoms in total. The van der Waals surface area contributed by atoms with E-state index < -0.39 is 0 Å². The first-order valence-corrected chi connectivity index (χ1v) is 8.79. The van der Waals surface area contributed by atoms with Crippen molar-refractivity contribution >= 4 is 16.5 Å². The lowest BCUT2D eigenvalue weighted by Crippen LogP contribution is -2.36. The number of likely N-dealkylation sites (N-methyl/N-ethyl adjacent to an activating group) is 1. The minimum atomic E-state index is 0.354. The first-order chi connectivity index (χ1) is 10.0. The Morgan fingerprint density at radius 1 is 1.29 bits per heavy atom. The highest BCUT2D eigenvalue weighted by atomic mass is 32.1. The van der Waals surface area contributed by atoms with Crippen LogP contribution in [0.2, 0.25) is 0 Å². The molecule has 0 saturated heterocycles. The monoisotopic (exact) mass is 313 g/mol. The summed E-state index contributed by atoms with van der Waals surface area (Å²) in [5.41, 5.74) is 1.23.